The van der Waals surface area contributed by atoms with Gasteiger partial charge < -0.3 is 15.4 Å². The molecule has 0 aromatic heterocycles. The smallest absolute Gasteiger partial charge is 0.249 e. The van der Waals surface area contributed by atoms with E-state index in [1.54, 1.807) is 0 Å². The third kappa shape index (κ3) is 2.69. The van der Waals surface area contributed by atoms with Gasteiger partial charge in [-0.3, -0.25) is 4.79 Å². The lowest BCUT2D eigenvalue weighted by molar-refractivity contribution is -0.131. The molecule has 0 spiro atoms. The first-order chi connectivity index (χ1) is 7.27. The zero-order valence-corrected chi connectivity index (χ0v) is 9.29. The fourth-order valence-electron chi connectivity index (χ4n) is 2.29. The van der Waals surface area contributed by atoms with Crippen LogP contribution in [0.25, 0.3) is 0 Å². The van der Waals surface area contributed by atoms with Crippen molar-refractivity contribution < 1.29 is 9.53 Å². The lowest BCUT2D eigenvalue weighted by atomic mass is 10.0. The minimum atomic E-state index is -0.216. The van der Waals surface area contributed by atoms with Gasteiger partial charge >= 0.3 is 0 Å². The Kier molecular flexibility index (Phi) is 3.59. The summed E-state index contributed by atoms with van der Waals surface area (Å²) in [5.41, 5.74) is 0. The Hall–Kier alpha value is -0.610. The third-order valence-electron chi connectivity index (χ3n) is 3.33. The second-order valence-corrected chi connectivity index (χ2v) is 4.60. The van der Waals surface area contributed by atoms with Gasteiger partial charge in [-0.05, 0) is 31.7 Å². The van der Waals surface area contributed by atoms with Crippen molar-refractivity contribution in [2.75, 3.05) is 19.7 Å². The minimum absolute atomic E-state index is 0.0636. The van der Waals surface area contributed by atoms with Crippen LogP contribution >= 0.6 is 0 Å². The molecule has 15 heavy (non-hydrogen) atoms. The number of hydrogen-bond donors (Lipinski definition) is 2. The highest BCUT2D eigenvalue weighted by molar-refractivity contribution is 5.81. The van der Waals surface area contributed by atoms with Gasteiger partial charge in [0.15, 0.2) is 0 Å². The molecule has 86 valence electrons. The van der Waals surface area contributed by atoms with Crippen LogP contribution in [0.4, 0.5) is 0 Å². The van der Waals surface area contributed by atoms with E-state index in [4.69, 9.17) is 4.74 Å². The number of carbonyl (C=O) groups is 1. The maximum absolute atomic E-state index is 11.7. The number of amides is 1. The van der Waals surface area contributed by atoms with Crippen LogP contribution in [-0.4, -0.2) is 37.7 Å². The van der Waals surface area contributed by atoms with Crippen LogP contribution in [0.3, 0.4) is 0 Å². The first kappa shape index (κ1) is 10.9. The highest BCUT2D eigenvalue weighted by atomic mass is 16.5. The summed E-state index contributed by atoms with van der Waals surface area (Å²) in [7, 11) is 0. The van der Waals surface area contributed by atoms with Crippen molar-refractivity contribution in [1.29, 1.82) is 0 Å². The summed E-state index contributed by atoms with van der Waals surface area (Å²) in [4.78, 5) is 11.7. The lowest BCUT2D eigenvalue weighted by Gasteiger charge is -2.16. The molecule has 2 N–H and O–H groups in total. The highest BCUT2D eigenvalue weighted by Gasteiger charge is 2.31. The summed E-state index contributed by atoms with van der Waals surface area (Å²) in [5, 5.41) is 6.33. The molecule has 0 aromatic carbocycles. The van der Waals surface area contributed by atoms with Gasteiger partial charge in [-0.1, -0.05) is 6.92 Å². The van der Waals surface area contributed by atoms with E-state index >= 15 is 0 Å². The Morgan fingerprint density at radius 2 is 2.40 bits per heavy atom. The van der Waals surface area contributed by atoms with Gasteiger partial charge in [0, 0.05) is 19.2 Å². The van der Waals surface area contributed by atoms with Crippen LogP contribution in [0.1, 0.15) is 26.2 Å². The van der Waals surface area contributed by atoms with Crippen molar-refractivity contribution in [2.24, 2.45) is 5.92 Å². The van der Waals surface area contributed by atoms with E-state index in [1.807, 2.05) is 0 Å². The monoisotopic (exact) mass is 212 g/mol. The molecule has 2 saturated heterocycles. The fourth-order valence-corrected chi connectivity index (χ4v) is 2.29. The number of carbonyl (C=O) groups excluding carboxylic acids is 1. The number of ether oxygens (including phenoxy) is 1. The maximum atomic E-state index is 11.7. The SMILES string of the molecule is CC1CCOC1C(=O)NCC1CCCN1. The van der Waals surface area contributed by atoms with Crippen LogP contribution in [-0.2, 0) is 9.53 Å². The van der Waals surface area contributed by atoms with Gasteiger partial charge in [0.2, 0.25) is 5.91 Å². The molecule has 4 nitrogen and oxygen atoms in total. The Morgan fingerprint density at radius 3 is 3.00 bits per heavy atom. The van der Waals surface area contributed by atoms with Crippen LogP contribution < -0.4 is 10.6 Å². The molecule has 2 aliphatic heterocycles. The Bertz CT molecular complexity index is 227. The van der Waals surface area contributed by atoms with E-state index < -0.39 is 0 Å². The summed E-state index contributed by atoms with van der Waals surface area (Å²) in [5.74, 6) is 0.426. The van der Waals surface area contributed by atoms with Gasteiger partial charge in [0.1, 0.15) is 6.10 Å². The van der Waals surface area contributed by atoms with Gasteiger partial charge in [0.25, 0.3) is 0 Å². The van der Waals surface area contributed by atoms with E-state index in [1.165, 1.54) is 12.8 Å². The average molecular weight is 212 g/mol. The fraction of sp³-hybridized carbons (Fsp3) is 0.909. The van der Waals surface area contributed by atoms with Crippen molar-refractivity contribution in [3.05, 3.63) is 0 Å². The number of rotatable bonds is 3. The van der Waals surface area contributed by atoms with E-state index in [0.717, 1.165) is 26.1 Å². The zero-order chi connectivity index (χ0) is 10.7. The van der Waals surface area contributed by atoms with Crippen molar-refractivity contribution in [2.45, 2.75) is 38.3 Å². The Balaban J connectivity index is 1.71. The highest BCUT2D eigenvalue weighted by Crippen LogP contribution is 2.19. The van der Waals surface area contributed by atoms with E-state index in [2.05, 4.69) is 17.6 Å². The first-order valence-corrected chi connectivity index (χ1v) is 5.90. The average Bonchev–Trinajstić information content (AvgIpc) is 2.84. The van der Waals surface area contributed by atoms with E-state index in [-0.39, 0.29) is 12.0 Å². The molecule has 3 atom stereocenters. The van der Waals surface area contributed by atoms with Crippen molar-refractivity contribution >= 4 is 5.91 Å². The first-order valence-electron chi connectivity index (χ1n) is 5.90. The molecule has 0 aromatic rings. The molecular weight excluding hydrogens is 192 g/mol. The van der Waals surface area contributed by atoms with Crippen LogP contribution in [0.15, 0.2) is 0 Å². The molecule has 2 heterocycles. The minimum Gasteiger partial charge on any atom is -0.368 e. The molecule has 0 aliphatic carbocycles. The molecule has 4 heteroatoms. The Labute approximate surface area is 90.8 Å². The van der Waals surface area contributed by atoms with Crippen molar-refractivity contribution in [3.63, 3.8) is 0 Å². The van der Waals surface area contributed by atoms with Gasteiger partial charge in [-0.15, -0.1) is 0 Å². The predicted molar refractivity (Wildman–Crippen MR) is 57.6 cm³/mol. The van der Waals surface area contributed by atoms with Gasteiger partial charge in [-0.2, -0.15) is 0 Å². The zero-order valence-electron chi connectivity index (χ0n) is 9.29. The summed E-state index contributed by atoms with van der Waals surface area (Å²) in [6, 6.07) is 0.464. The quantitative estimate of drug-likeness (QED) is 0.706. The molecular formula is C11H20N2O2. The maximum Gasteiger partial charge on any atom is 0.249 e. The summed E-state index contributed by atoms with van der Waals surface area (Å²) in [6.45, 7) is 4.62. The summed E-state index contributed by atoms with van der Waals surface area (Å²) in [6.07, 6.45) is 3.17. The third-order valence-corrected chi connectivity index (χ3v) is 3.33. The normalized spacial score (nSPS) is 35.7. The van der Waals surface area contributed by atoms with Crippen LogP contribution in [0.5, 0.6) is 0 Å². The van der Waals surface area contributed by atoms with E-state index in [0.29, 0.717) is 12.0 Å². The molecule has 2 aliphatic rings. The van der Waals surface area contributed by atoms with Gasteiger partial charge in [0.05, 0.1) is 0 Å². The second kappa shape index (κ2) is 4.94. The number of nitrogens with one attached hydrogen (secondary N) is 2. The lowest BCUT2D eigenvalue weighted by Crippen LogP contribution is -2.43. The van der Waals surface area contributed by atoms with Crippen LogP contribution in [0.2, 0.25) is 0 Å². The topological polar surface area (TPSA) is 50.4 Å². The second-order valence-electron chi connectivity index (χ2n) is 4.60. The predicted octanol–water partition coefficient (Wildman–Crippen LogP) is 0.280. The molecule has 0 saturated carbocycles. The van der Waals surface area contributed by atoms with Gasteiger partial charge in [-0.25, -0.2) is 0 Å². The van der Waals surface area contributed by atoms with Crippen LogP contribution in [0, 0.1) is 5.92 Å². The van der Waals surface area contributed by atoms with E-state index in [9.17, 15) is 4.79 Å². The number of hydrogen-bond acceptors (Lipinski definition) is 3. The molecule has 1 amide bonds. The molecule has 0 radical (unpaired) electrons. The molecule has 3 unspecified atom stereocenters. The Morgan fingerprint density at radius 1 is 1.53 bits per heavy atom. The molecule has 2 fully saturated rings. The standard InChI is InChI=1S/C11H20N2O2/c1-8-4-6-15-10(8)11(14)13-7-9-3-2-5-12-9/h8-10,12H,2-7H2,1H3,(H,13,14). The van der Waals surface area contributed by atoms with Crippen molar-refractivity contribution in [3.8, 4) is 0 Å². The summed E-state index contributed by atoms with van der Waals surface area (Å²) < 4.78 is 5.41. The molecule has 2 rings (SSSR count). The van der Waals surface area contributed by atoms with Crippen molar-refractivity contribution in [1.82, 2.24) is 10.6 Å². The largest absolute Gasteiger partial charge is 0.368 e. The summed E-state index contributed by atoms with van der Waals surface area (Å²) >= 11 is 0. The molecule has 0 bridgehead atoms.